The van der Waals surface area contributed by atoms with Crippen LogP contribution in [0.1, 0.15) is 52.9 Å². The van der Waals surface area contributed by atoms with Gasteiger partial charge in [0.15, 0.2) is 8.32 Å². The van der Waals surface area contributed by atoms with Gasteiger partial charge >= 0.3 is 6.09 Å². The smallest absolute Gasteiger partial charge is 0.407 e. The summed E-state index contributed by atoms with van der Waals surface area (Å²) in [4.78, 5) is 12.4. The molecule has 1 N–H and O–H groups in total. The van der Waals surface area contributed by atoms with E-state index >= 15 is 0 Å². The van der Waals surface area contributed by atoms with Gasteiger partial charge in [-0.25, -0.2) is 4.79 Å². The minimum absolute atomic E-state index is 0.227. The van der Waals surface area contributed by atoms with Gasteiger partial charge in [-0.05, 0) is 50.2 Å². The van der Waals surface area contributed by atoms with Crippen molar-refractivity contribution in [3.05, 3.63) is 0 Å². The largest absolute Gasteiger partial charge is 0.465 e. The maximum Gasteiger partial charge on any atom is 0.407 e. The highest BCUT2D eigenvalue weighted by molar-refractivity contribution is 6.74. The second kappa shape index (κ2) is 7.67. The molecule has 0 atom stereocenters. The summed E-state index contributed by atoms with van der Waals surface area (Å²) in [6.07, 6.45) is 3.21. The summed E-state index contributed by atoms with van der Waals surface area (Å²) in [5.74, 6) is 0. The van der Waals surface area contributed by atoms with Crippen LogP contribution in [0.25, 0.3) is 0 Å². The summed E-state index contributed by atoms with van der Waals surface area (Å²) in [7, 11) is -1.68. The molecule has 0 bridgehead atoms. The second-order valence-corrected chi connectivity index (χ2v) is 13.0. The number of hydrogen-bond acceptors (Lipinski definition) is 3. The molecular formula is C17H32N2O3Si. The molecule has 1 saturated heterocycles. The predicted octanol–water partition coefficient (Wildman–Crippen LogP) is 4.46. The lowest BCUT2D eigenvalue weighted by Gasteiger charge is -2.37. The van der Waals surface area contributed by atoms with E-state index in [9.17, 15) is 10.1 Å². The molecule has 0 aromatic heterocycles. The predicted molar refractivity (Wildman–Crippen MR) is 93.9 cm³/mol. The first-order chi connectivity index (χ1) is 10.5. The van der Waals surface area contributed by atoms with Crippen LogP contribution in [0.4, 0.5) is 4.79 Å². The normalized spacial score (nSPS) is 18.5. The highest BCUT2D eigenvalue weighted by Crippen LogP contribution is 2.38. The number of rotatable bonds is 6. The summed E-state index contributed by atoms with van der Waals surface area (Å²) in [6.45, 7) is 12.9. The minimum atomic E-state index is -1.68. The lowest BCUT2D eigenvalue weighted by Crippen LogP contribution is -2.42. The molecule has 0 spiro atoms. The van der Waals surface area contributed by atoms with Crippen LogP contribution in [0.15, 0.2) is 0 Å². The molecule has 23 heavy (non-hydrogen) atoms. The zero-order chi connectivity index (χ0) is 17.7. The molecule has 1 aliphatic heterocycles. The van der Waals surface area contributed by atoms with E-state index < -0.39 is 14.4 Å². The fourth-order valence-corrected chi connectivity index (χ4v) is 3.74. The first-order valence-electron chi connectivity index (χ1n) is 8.56. The number of carbonyl (C=O) groups is 1. The summed E-state index contributed by atoms with van der Waals surface area (Å²) in [5, 5.41) is 18.7. The molecule has 6 heteroatoms. The van der Waals surface area contributed by atoms with Crippen LogP contribution < -0.4 is 0 Å². The Kier molecular flexibility index (Phi) is 6.66. The van der Waals surface area contributed by atoms with Crippen LogP contribution in [0.3, 0.4) is 0 Å². The van der Waals surface area contributed by atoms with Crippen molar-refractivity contribution in [3.63, 3.8) is 0 Å². The lowest BCUT2D eigenvalue weighted by molar-refractivity contribution is 0.106. The quantitative estimate of drug-likeness (QED) is 0.572. The maximum absolute atomic E-state index is 11.0. The van der Waals surface area contributed by atoms with E-state index in [1.54, 1.807) is 0 Å². The number of unbranched alkanes of at least 4 members (excludes halogenated alkanes) is 1. The van der Waals surface area contributed by atoms with Crippen molar-refractivity contribution < 1.29 is 14.3 Å². The first kappa shape index (κ1) is 20.0. The fourth-order valence-electron chi connectivity index (χ4n) is 2.65. The average Bonchev–Trinajstić information content (AvgIpc) is 2.46. The van der Waals surface area contributed by atoms with Gasteiger partial charge < -0.3 is 14.4 Å². The zero-order valence-corrected chi connectivity index (χ0v) is 16.3. The number of piperidine rings is 1. The van der Waals surface area contributed by atoms with E-state index in [-0.39, 0.29) is 10.5 Å². The Morgan fingerprint density at radius 1 is 1.30 bits per heavy atom. The molecule has 1 fully saturated rings. The molecular weight excluding hydrogens is 308 g/mol. The molecule has 1 rings (SSSR count). The number of hydrogen-bond donors (Lipinski definition) is 1. The summed E-state index contributed by atoms with van der Waals surface area (Å²) in [6, 6.07) is 2.46. The highest BCUT2D eigenvalue weighted by Gasteiger charge is 2.37. The molecule has 1 amide bonds. The van der Waals surface area contributed by atoms with Crippen molar-refractivity contribution in [3.8, 4) is 6.07 Å². The third-order valence-electron chi connectivity index (χ3n) is 5.55. The van der Waals surface area contributed by atoms with Crippen LogP contribution >= 0.6 is 0 Å². The number of nitriles is 1. The number of likely N-dealkylation sites (tertiary alicyclic amines) is 1. The summed E-state index contributed by atoms with van der Waals surface area (Å²) in [5.41, 5.74) is -0.344. The Hall–Kier alpha value is -1.06. The molecule has 132 valence electrons. The monoisotopic (exact) mass is 340 g/mol. The highest BCUT2D eigenvalue weighted by atomic mass is 28.4. The third kappa shape index (κ3) is 5.50. The molecule has 1 aliphatic rings. The molecule has 0 aromatic carbocycles. The second-order valence-electron chi connectivity index (χ2n) is 8.23. The van der Waals surface area contributed by atoms with Crippen LogP contribution in [0.5, 0.6) is 0 Å². The Labute approximate surface area is 141 Å². The van der Waals surface area contributed by atoms with Crippen molar-refractivity contribution in [1.29, 1.82) is 5.26 Å². The Bertz CT molecular complexity index is 444. The van der Waals surface area contributed by atoms with E-state index in [2.05, 4.69) is 39.9 Å². The van der Waals surface area contributed by atoms with Crippen LogP contribution in [0.2, 0.25) is 18.1 Å². The van der Waals surface area contributed by atoms with Gasteiger partial charge in [0.2, 0.25) is 0 Å². The van der Waals surface area contributed by atoms with Gasteiger partial charge in [-0.2, -0.15) is 5.26 Å². The molecule has 0 aliphatic carbocycles. The van der Waals surface area contributed by atoms with Crippen molar-refractivity contribution in [2.45, 2.75) is 71.0 Å². The van der Waals surface area contributed by atoms with Gasteiger partial charge in [0.25, 0.3) is 0 Å². The Balaban J connectivity index is 2.35. The SMILES string of the molecule is CC(C)(C)[Si](C)(C)OCCCCC1(C#N)CCN(C(=O)O)CC1. The van der Waals surface area contributed by atoms with Gasteiger partial charge in [0.05, 0.1) is 11.5 Å². The zero-order valence-electron chi connectivity index (χ0n) is 15.3. The van der Waals surface area contributed by atoms with Gasteiger partial charge in [-0.1, -0.05) is 20.8 Å². The molecule has 0 unspecified atom stereocenters. The average molecular weight is 341 g/mol. The Morgan fingerprint density at radius 3 is 2.30 bits per heavy atom. The van der Waals surface area contributed by atoms with Crippen LogP contribution in [0, 0.1) is 16.7 Å². The van der Waals surface area contributed by atoms with Gasteiger partial charge in [-0.15, -0.1) is 0 Å². The molecule has 0 saturated carbocycles. The number of amides is 1. The Morgan fingerprint density at radius 2 is 1.87 bits per heavy atom. The van der Waals surface area contributed by atoms with Crippen molar-refractivity contribution in [1.82, 2.24) is 4.90 Å². The van der Waals surface area contributed by atoms with E-state index in [1.807, 2.05) is 0 Å². The van der Waals surface area contributed by atoms with E-state index in [0.717, 1.165) is 25.9 Å². The van der Waals surface area contributed by atoms with Gasteiger partial charge in [-0.3, -0.25) is 0 Å². The lowest BCUT2D eigenvalue weighted by atomic mass is 9.76. The van der Waals surface area contributed by atoms with E-state index in [0.29, 0.717) is 25.9 Å². The topological polar surface area (TPSA) is 73.6 Å². The van der Waals surface area contributed by atoms with Gasteiger partial charge in [0.1, 0.15) is 0 Å². The molecule has 0 radical (unpaired) electrons. The number of nitrogens with zero attached hydrogens (tertiary/aromatic N) is 2. The van der Waals surface area contributed by atoms with E-state index in [1.165, 1.54) is 4.90 Å². The van der Waals surface area contributed by atoms with Crippen molar-refractivity contribution >= 4 is 14.4 Å². The van der Waals surface area contributed by atoms with Crippen LogP contribution in [-0.2, 0) is 4.43 Å². The van der Waals surface area contributed by atoms with Crippen molar-refractivity contribution in [2.75, 3.05) is 19.7 Å². The standard InChI is InChI=1S/C17H32N2O3Si/c1-16(2,3)23(4,5)22-13-7-6-8-17(14-18)9-11-19(12-10-17)15(20)21/h6-13H2,1-5H3,(H,20,21). The molecule has 0 aromatic rings. The van der Waals surface area contributed by atoms with E-state index in [4.69, 9.17) is 9.53 Å². The van der Waals surface area contributed by atoms with Crippen LogP contribution in [-0.4, -0.2) is 44.1 Å². The maximum atomic E-state index is 11.0. The fraction of sp³-hybridized carbons (Fsp3) is 0.882. The minimum Gasteiger partial charge on any atom is -0.465 e. The number of carboxylic acid groups (broad SMARTS) is 1. The first-order valence-corrected chi connectivity index (χ1v) is 11.5. The summed E-state index contributed by atoms with van der Waals surface area (Å²) < 4.78 is 6.17. The third-order valence-corrected chi connectivity index (χ3v) is 10.1. The molecule has 5 nitrogen and oxygen atoms in total. The van der Waals surface area contributed by atoms with Gasteiger partial charge in [0, 0.05) is 19.7 Å². The summed E-state index contributed by atoms with van der Waals surface area (Å²) >= 11 is 0. The molecule has 1 heterocycles. The van der Waals surface area contributed by atoms with Crippen molar-refractivity contribution in [2.24, 2.45) is 5.41 Å².